The summed E-state index contributed by atoms with van der Waals surface area (Å²) in [5.41, 5.74) is 0.604. The van der Waals surface area contributed by atoms with E-state index in [9.17, 15) is 14.0 Å². The smallest absolute Gasteiger partial charge is 0.414 e. The molecule has 2 amide bonds. The lowest BCUT2D eigenvalue weighted by molar-refractivity contribution is -0.123. The number of hydrogen-bond acceptors (Lipinski definition) is 7. The maximum absolute atomic E-state index is 14.2. The normalized spacial score (nSPS) is 16.2. The van der Waals surface area contributed by atoms with Crippen molar-refractivity contribution in [1.29, 1.82) is 0 Å². The van der Waals surface area contributed by atoms with Gasteiger partial charge >= 0.3 is 6.09 Å². The van der Waals surface area contributed by atoms with Crippen molar-refractivity contribution < 1.29 is 23.8 Å². The molecule has 1 atom stereocenters. The molecule has 1 aromatic rings. The number of isothiocyanates is 1. The van der Waals surface area contributed by atoms with Gasteiger partial charge in [0.15, 0.2) is 0 Å². The molecule has 0 aliphatic carbocycles. The summed E-state index contributed by atoms with van der Waals surface area (Å²) in [5, 5.41) is 16.0. The molecular formula is C15H17FN4O4S. The minimum absolute atomic E-state index is 0.216. The first kappa shape index (κ1) is 18.8. The van der Waals surface area contributed by atoms with Crippen molar-refractivity contribution in [3.63, 3.8) is 0 Å². The van der Waals surface area contributed by atoms with Gasteiger partial charge in [0.1, 0.15) is 18.5 Å². The Bertz CT molecular complexity index is 696. The lowest BCUT2D eigenvalue weighted by Gasteiger charge is -2.15. The number of benzene rings is 1. The molecule has 0 bridgehead atoms. The molecule has 10 heteroatoms. The highest BCUT2D eigenvalue weighted by molar-refractivity contribution is 7.78. The number of hydrogen-bond donors (Lipinski definition) is 3. The molecule has 2 rings (SSSR count). The molecule has 0 saturated carbocycles. The summed E-state index contributed by atoms with van der Waals surface area (Å²) in [5.74, 6) is -1.04. The van der Waals surface area contributed by atoms with Crippen molar-refractivity contribution in [2.45, 2.75) is 6.10 Å². The summed E-state index contributed by atoms with van der Waals surface area (Å²) in [6.07, 6.45) is -1.02. The molecule has 1 aliphatic heterocycles. The second kappa shape index (κ2) is 9.07. The maximum Gasteiger partial charge on any atom is 0.414 e. The minimum Gasteiger partial charge on any atom is -0.442 e. The number of anilines is 2. The highest BCUT2D eigenvalue weighted by Crippen LogP contribution is 2.26. The fourth-order valence-electron chi connectivity index (χ4n) is 2.24. The number of aliphatic imine (C=N–C) groups is 1. The predicted octanol–water partition coefficient (Wildman–Crippen LogP) is 0.774. The summed E-state index contributed by atoms with van der Waals surface area (Å²) < 4.78 is 19.3. The van der Waals surface area contributed by atoms with E-state index in [1.165, 1.54) is 17.0 Å². The van der Waals surface area contributed by atoms with Gasteiger partial charge in [-0.25, -0.2) is 14.2 Å². The van der Waals surface area contributed by atoms with Crippen LogP contribution >= 0.6 is 12.2 Å². The van der Waals surface area contributed by atoms with Crippen LogP contribution in [0.25, 0.3) is 0 Å². The third-order valence-corrected chi connectivity index (χ3v) is 3.53. The average molecular weight is 368 g/mol. The number of thiocarbonyl (C=S) groups is 1. The molecule has 1 aliphatic rings. The summed E-state index contributed by atoms with van der Waals surface area (Å²) >= 11 is 4.47. The number of amides is 2. The number of rotatable bonds is 8. The summed E-state index contributed by atoms with van der Waals surface area (Å²) in [6, 6.07) is 4.30. The number of nitrogens with one attached hydrogen (secondary N) is 2. The second-order valence-electron chi connectivity index (χ2n) is 5.15. The van der Waals surface area contributed by atoms with Gasteiger partial charge in [0.05, 0.1) is 29.6 Å². The van der Waals surface area contributed by atoms with Crippen LogP contribution in [-0.2, 0) is 9.53 Å². The first-order valence-corrected chi connectivity index (χ1v) is 7.88. The fourth-order valence-corrected chi connectivity index (χ4v) is 2.31. The zero-order valence-corrected chi connectivity index (χ0v) is 14.0. The molecule has 134 valence electrons. The number of carbonyl (C=O) groups excluding carboxylic acids is 2. The van der Waals surface area contributed by atoms with Crippen LogP contribution in [-0.4, -0.2) is 61.2 Å². The quantitative estimate of drug-likeness (QED) is 0.356. The monoisotopic (exact) mass is 368 g/mol. The zero-order valence-electron chi connectivity index (χ0n) is 13.2. The van der Waals surface area contributed by atoms with E-state index in [4.69, 9.17) is 9.84 Å². The summed E-state index contributed by atoms with van der Waals surface area (Å²) in [7, 11) is 0. The third kappa shape index (κ3) is 5.21. The number of cyclic esters (lactones) is 1. The van der Waals surface area contributed by atoms with Gasteiger partial charge in [-0.05, 0) is 30.4 Å². The number of carbonyl (C=O) groups is 2. The average Bonchev–Trinajstić information content (AvgIpc) is 2.98. The highest BCUT2D eigenvalue weighted by Gasteiger charge is 2.32. The predicted molar refractivity (Wildman–Crippen MR) is 92.5 cm³/mol. The van der Waals surface area contributed by atoms with Crippen molar-refractivity contribution in [3.8, 4) is 0 Å². The fraction of sp³-hybridized carbons (Fsp3) is 0.400. The lowest BCUT2D eigenvalue weighted by Crippen LogP contribution is -2.30. The van der Waals surface area contributed by atoms with Gasteiger partial charge in [-0.1, -0.05) is 0 Å². The molecule has 1 fully saturated rings. The molecule has 1 heterocycles. The second-order valence-corrected chi connectivity index (χ2v) is 5.33. The first-order valence-electron chi connectivity index (χ1n) is 7.48. The topological polar surface area (TPSA) is 103 Å². The van der Waals surface area contributed by atoms with Crippen molar-refractivity contribution in [3.05, 3.63) is 24.0 Å². The van der Waals surface area contributed by atoms with Crippen molar-refractivity contribution in [2.24, 2.45) is 4.99 Å². The summed E-state index contributed by atoms with van der Waals surface area (Å²) in [4.78, 5) is 27.8. The number of halogens is 1. The third-order valence-electron chi connectivity index (χ3n) is 3.40. The Morgan fingerprint density at radius 3 is 3.00 bits per heavy atom. The molecule has 0 radical (unpaired) electrons. The Morgan fingerprint density at radius 1 is 1.52 bits per heavy atom. The minimum atomic E-state index is -0.591. The molecular weight excluding hydrogens is 351 g/mol. The Morgan fingerprint density at radius 2 is 2.32 bits per heavy atom. The molecule has 0 spiro atoms. The van der Waals surface area contributed by atoms with Crippen LogP contribution in [0.15, 0.2) is 23.2 Å². The standard InChI is InChI=1S/C15H17FN4O4S/c16-12-5-10(20-7-11(6-17-9-25)24-15(20)23)1-2-13(12)18-3-4-19-14(22)8-21/h1-2,5,11,18,21H,3-4,6-8H2,(H,19,22)/t11-/m0/s1. The molecule has 0 aromatic heterocycles. The van der Waals surface area contributed by atoms with E-state index in [-0.39, 0.29) is 31.9 Å². The molecule has 1 saturated heterocycles. The highest BCUT2D eigenvalue weighted by atomic mass is 32.1. The molecule has 25 heavy (non-hydrogen) atoms. The SMILES string of the molecule is O=C(CO)NCCNc1ccc(N2C[C@H](CN=C=S)OC2=O)cc1F. The van der Waals surface area contributed by atoms with Crippen LogP contribution in [0.3, 0.4) is 0 Å². The number of ether oxygens (including phenoxy) is 1. The number of aliphatic hydroxyl groups is 1. The van der Waals surface area contributed by atoms with Crippen LogP contribution < -0.4 is 15.5 Å². The van der Waals surface area contributed by atoms with E-state index < -0.39 is 30.5 Å². The Labute approximate surface area is 148 Å². The Kier molecular flexibility index (Phi) is 6.81. The van der Waals surface area contributed by atoms with Gasteiger partial charge < -0.3 is 20.5 Å². The Hall–Kier alpha value is -2.55. The number of aliphatic hydroxyl groups excluding tert-OH is 1. The molecule has 8 nitrogen and oxygen atoms in total. The molecule has 0 unspecified atom stereocenters. The van der Waals surface area contributed by atoms with Gasteiger partial charge in [-0.2, -0.15) is 0 Å². The molecule has 1 aromatic carbocycles. The van der Waals surface area contributed by atoms with E-state index in [2.05, 4.69) is 33.0 Å². The van der Waals surface area contributed by atoms with Crippen LogP contribution in [0.4, 0.5) is 20.6 Å². The van der Waals surface area contributed by atoms with Gasteiger partial charge in [0.25, 0.3) is 0 Å². The van der Waals surface area contributed by atoms with Crippen LogP contribution in [0.5, 0.6) is 0 Å². The van der Waals surface area contributed by atoms with E-state index in [1.807, 2.05) is 0 Å². The van der Waals surface area contributed by atoms with Crippen LogP contribution in [0, 0.1) is 5.82 Å². The van der Waals surface area contributed by atoms with Gasteiger partial charge in [0, 0.05) is 13.1 Å². The maximum atomic E-state index is 14.2. The van der Waals surface area contributed by atoms with E-state index >= 15 is 0 Å². The lowest BCUT2D eigenvalue weighted by atomic mass is 10.2. The van der Waals surface area contributed by atoms with E-state index in [0.29, 0.717) is 5.69 Å². The number of nitrogens with zero attached hydrogens (tertiary/aromatic N) is 2. The van der Waals surface area contributed by atoms with E-state index in [0.717, 1.165) is 0 Å². The summed E-state index contributed by atoms with van der Waals surface area (Å²) in [6.45, 7) is 0.393. The van der Waals surface area contributed by atoms with Crippen LogP contribution in [0.1, 0.15) is 0 Å². The van der Waals surface area contributed by atoms with Crippen LogP contribution in [0.2, 0.25) is 0 Å². The Balaban J connectivity index is 1.93. The first-order chi connectivity index (χ1) is 12.0. The van der Waals surface area contributed by atoms with Crippen molar-refractivity contribution in [2.75, 3.05) is 43.0 Å². The zero-order chi connectivity index (χ0) is 18.2. The van der Waals surface area contributed by atoms with Gasteiger partial charge in [0.2, 0.25) is 5.91 Å². The van der Waals surface area contributed by atoms with Gasteiger partial charge in [-0.3, -0.25) is 9.69 Å². The largest absolute Gasteiger partial charge is 0.442 e. The van der Waals surface area contributed by atoms with Crippen molar-refractivity contribution in [1.82, 2.24) is 5.32 Å². The van der Waals surface area contributed by atoms with Crippen molar-refractivity contribution >= 4 is 40.8 Å². The molecule has 3 N–H and O–H groups in total. The van der Waals surface area contributed by atoms with Gasteiger partial charge in [-0.15, -0.1) is 0 Å². The van der Waals surface area contributed by atoms with E-state index in [1.54, 1.807) is 6.07 Å².